The van der Waals surface area contributed by atoms with Gasteiger partial charge in [0.25, 0.3) is 0 Å². The van der Waals surface area contributed by atoms with Crippen LogP contribution < -0.4 is 4.74 Å². The Morgan fingerprint density at radius 2 is 1.81 bits per heavy atom. The second kappa shape index (κ2) is 9.74. The maximum Gasteiger partial charge on any atom is 0.120 e. The Kier molecular flexibility index (Phi) is 7.10. The predicted octanol–water partition coefficient (Wildman–Crippen LogP) is 2.86. The van der Waals surface area contributed by atoms with Crippen LogP contribution in [-0.2, 0) is 13.1 Å². The lowest BCUT2D eigenvalue weighted by Gasteiger charge is -2.41. The van der Waals surface area contributed by atoms with Crippen molar-refractivity contribution in [1.82, 2.24) is 9.80 Å². The number of para-hydroxylation sites is 1. The third-order valence-corrected chi connectivity index (χ3v) is 5.16. The molecule has 3 rings (SSSR count). The molecule has 1 fully saturated rings. The fourth-order valence-electron chi connectivity index (χ4n) is 3.71. The molecule has 0 bridgehead atoms. The van der Waals surface area contributed by atoms with Crippen LogP contribution >= 0.6 is 0 Å². The molecule has 27 heavy (non-hydrogen) atoms. The molecule has 0 amide bonds. The van der Waals surface area contributed by atoms with Crippen molar-refractivity contribution in [2.24, 2.45) is 0 Å². The largest absolute Gasteiger partial charge is 0.508 e. The molecule has 1 saturated heterocycles. The van der Waals surface area contributed by atoms with E-state index < -0.39 is 0 Å². The van der Waals surface area contributed by atoms with Crippen LogP contribution in [0.25, 0.3) is 0 Å². The fourth-order valence-corrected chi connectivity index (χ4v) is 3.71. The van der Waals surface area contributed by atoms with Crippen molar-refractivity contribution in [3.05, 3.63) is 59.7 Å². The van der Waals surface area contributed by atoms with Crippen molar-refractivity contribution >= 4 is 0 Å². The summed E-state index contributed by atoms with van der Waals surface area (Å²) in [6.45, 7) is 7.27. The van der Waals surface area contributed by atoms with E-state index in [0.29, 0.717) is 18.4 Å². The summed E-state index contributed by atoms with van der Waals surface area (Å²) >= 11 is 0. The summed E-state index contributed by atoms with van der Waals surface area (Å²) in [5.74, 6) is 1.26. The molecule has 1 heterocycles. The highest BCUT2D eigenvalue weighted by Crippen LogP contribution is 2.22. The van der Waals surface area contributed by atoms with E-state index in [-0.39, 0.29) is 6.61 Å². The van der Waals surface area contributed by atoms with E-state index in [2.05, 4.69) is 21.9 Å². The molecule has 1 aliphatic rings. The number of phenols is 1. The zero-order valence-electron chi connectivity index (χ0n) is 16.1. The molecule has 1 unspecified atom stereocenters. The van der Waals surface area contributed by atoms with Crippen molar-refractivity contribution in [3.8, 4) is 11.5 Å². The molecule has 2 aromatic rings. The molecule has 146 valence electrons. The van der Waals surface area contributed by atoms with Crippen LogP contribution in [0, 0.1) is 0 Å². The third kappa shape index (κ3) is 5.45. The average Bonchev–Trinajstić information content (AvgIpc) is 2.68. The SMILES string of the molecule is CCOc1ccc(CN2CCN(Cc3ccccc3O)CC2CCO)cc1. The first-order chi connectivity index (χ1) is 13.2. The van der Waals surface area contributed by atoms with E-state index in [1.165, 1.54) is 5.56 Å². The predicted molar refractivity (Wildman–Crippen MR) is 107 cm³/mol. The standard InChI is InChI=1S/C22H30N2O3/c1-2-27-21-9-7-18(8-10-21)15-24-13-12-23(17-20(24)11-14-25)16-19-5-3-4-6-22(19)26/h3-10,20,25-26H,2,11-17H2,1H3. The van der Waals surface area contributed by atoms with Crippen LogP contribution in [0.5, 0.6) is 11.5 Å². The van der Waals surface area contributed by atoms with E-state index in [0.717, 1.165) is 50.5 Å². The van der Waals surface area contributed by atoms with Crippen LogP contribution in [0.1, 0.15) is 24.5 Å². The van der Waals surface area contributed by atoms with Gasteiger partial charge in [-0.3, -0.25) is 9.80 Å². The van der Waals surface area contributed by atoms with Crippen molar-refractivity contribution in [2.75, 3.05) is 32.8 Å². The number of piperazine rings is 1. The lowest BCUT2D eigenvalue weighted by Crippen LogP contribution is -2.52. The summed E-state index contributed by atoms with van der Waals surface area (Å²) < 4.78 is 5.52. The van der Waals surface area contributed by atoms with Gasteiger partial charge >= 0.3 is 0 Å². The molecule has 0 aliphatic carbocycles. The van der Waals surface area contributed by atoms with Gasteiger partial charge in [0, 0.05) is 50.9 Å². The summed E-state index contributed by atoms with van der Waals surface area (Å²) in [5, 5.41) is 19.5. The summed E-state index contributed by atoms with van der Waals surface area (Å²) in [6.07, 6.45) is 0.758. The quantitative estimate of drug-likeness (QED) is 0.748. The number of rotatable bonds is 8. The minimum Gasteiger partial charge on any atom is -0.508 e. The molecule has 1 aliphatic heterocycles. The molecule has 5 nitrogen and oxygen atoms in total. The number of aliphatic hydroxyl groups excluding tert-OH is 1. The molecular formula is C22H30N2O3. The highest BCUT2D eigenvalue weighted by molar-refractivity contribution is 5.31. The van der Waals surface area contributed by atoms with Gasteiger partial charge < -0.3 is 14.9 Å². The van der Waals surface area contributed by atoms with E-state index in [4.69, 9.17) is 4.74 Å². The van der Waals surface area contributed by atoms with Gasteiger partial charge in [0.1, 0.15) is 11.5 Å². The number of hydrogen-bond acceptors (Lipinski definition) is 5. The summed E-state index contributed by atoms with van der Waals surface area (Å²) in [5.41, 5.74) is 2.22. The van der Waals surface area contributed by atoms with Crippen molar-refractivity contribution in [2.45, 2.75) is 32.5 Å². The number of aliphatic hydroxyl groups is 1. The maximum absolute atomic E-state index is 10.0. The first kappa shape index (κ1) is 19.7. The Bertz CT molecular complexity index is 705. The van der Waals surface area contributed by atoms with Gasteiger partial charge in [0.15, 0.2) is 0 Å². The Hall–Kier alpha value is -2.08. The van der Waals surface area contributed by atoms with Crippen molar-refractivity contribution in [1.29, 1.82) is 0 Å². The van der Waals surface area contributed by atoms with Gasteiger partial charge in [-0.2, -0.15) is 0 Å². The fraction of sp³-hybridized carbons (Fsp3) is 0.455. The van der Waals surface area contributed by atoms with Crippen LogP contribution in [0.2, 0.25) is 0 Å². The Morgan fingerprint density at radius 1 is 1.04 bits per heavy atom. The van der Waals surface area contributed by atoms with Crippen molar-refractivity contribution < 1.29 is 14.9 Å². The second-order valence-corrected chi connectivity index (χ2v) is 7.08. The normalized spacial score (nSPS) is 18.5. The highest BCUT2D eigenvalue weighted by atomic mass is 16.5. The molecule has 0 radical (unpaired) electrons. The molecule has 2 N–H and O–H groups in total. The van der Waals surface area contributed by atoms with Crippen LogP contribution in [0.4, 0.5) is 0 Å². The van der Waals surface area contributed by atoms with Crippen LogP contribution in [0.3, 0.4) is 0 Å². The molecule has 0 saturated carbocycles. The number of aromatic hydroxyl groups is 1. The monoisotopic (exact) mass is 370 g/mol. The number of hydrogen-bond donors (Lipinski definition) is 2. The van der Waals surface area contributed by atoms with Crippen molar-refractivity contribution in [3.63, 3.8) is 0 Å². The van der Waals surface area contributed by atoms with Crippen LogP contribution in [-0.4, -0.2) is 58.9 Å². The number of ether oxygens (including phenoxy) is 1. The van der Waals surface area contributed by atoms with Gasteiger partial charge in [-0.05, 0) is 37.1 Å². The number of benzene rings is 2. The lowest BCUT2D eigenvalue weighted by molar-refractivity contribution is 0.0496. The Morgan fingerprint density at radius 3 is 2.52 bits per heavy atom. The first-order valence-electron chi connectivity index (χ1n) is 9.75. The van der Waals surface area contributed by atoms with Crippen LogP contribution in [0.15, 0.2) is 48.5 Å². The number of nitrogens with zero attached hydrogens (tertiary/aromatic N) is 2. The molecule has 2 aromatic carbocycles. The van der Waals surface area contributed by atoms with Gasteiger partial charge in [-0.25, -0.2) is 0 Å². The summed E-state index contributed by atoms with van der Waals surface area (Å²) in [6, 6.07) is 16.1. The van der Waals surface area contributed by atoms with E-state index in [9.17, 15) is 10.2 Å². The summed E-state index contributed by atoms with van der Waals surface area (Å²) in [4.78, 5) is 4.82. The van der Waals surface area contributed by atoms with E-state index in [1.807, 2.05) is 37.3 Å². The topological polar surface area (TPSA) is 56.2 Å². The van der Waals surface area contributed by atoms with Gasteiger partial charge in [-0.15, -0.1) is 0 Å². The molecular weight excluding hydrogens is 340 g/mol. The van der Waals surface area contributed by atoms with Gasteiger partial charge in [0.2, 0.25) is 0 Å². The van der Waals surface area contributed by atoms with Gasteiger partial charge in [0.05, 0.1) is 6.61 Å². The molecule has 0 spiro atoms. The number of phenolic OH excluding ortho intramolecular Hbond substituents is 1. The van der Waals surface area contributed by atoms with E-state index >= 15 is 0 Å². The average molecular weight is 370 g/mol. The Balaban J connectivity index is 1.61. The third-order valence-electron chi connectivity index (χ3n) is 5.16. The minimum atomic E-state index is 0.189. The first-order valence-corrected chi connectivity index (χ1v) is 9.75. The van der Waals surface area contributed by atoms with E-state index in [1.54, 1.807) is 6.07 Å². The zero-order chi connectivity index (χ0) is 19.1. The lowest BCUT2D eigenvalue weighted by atomic mass is 10.1. The summed E-state index contributed by atoms with van der Waals surface area (Å²) in [7, 11) is 0. The zero-order valence-corrected chi connectivity index (χ0v) is 16.1. The van der Waals surface area contributed by atoms with Gasteiger partial charge in [-0.1, -0.05) is 30.3 Å². The highest BCUT2D eigenvalue weighted by Gasteiger charge is 2.27. The molecule has 0 aromatic heterocycles. The molecule has 1 atom stereocenters. The maximum atomic E-state index is 10.0. The smallest absolute Gasteiger partial charge is 0.120 e. The Labute approximate surface area is 161 Å². The second-order valence-electron chi connectivity index (χ2n) is 7.08. The molecule has 5 heteroatoms. The minimum absolute atomic E-state index is 0.189.